The van der Waals surface area contributed by atoms with Gasteiger partial charge < -0.3 is 14.2 Å². The van der Waals surface area contributed by atoms with Crippen LogP contribution in [0, 0.1) is 5.82 Å². The van der Waals surface area contributed by atoms with E-state index < -0.39 is 0 Å². The van der Waals surface area contributed by atoms with Crippen LogP contribution in [-0.4, -0.2) is 48.5 Å². The SMILES string of the molecule is COc1cccc(OCCc2cc([C@@H]3CN(Cc4ccccc4F)CCO3)n[nH]2)c1. The van der Waals surface area contributed by atoms with E-state index in [4.69, 9.17) is 14.2 Å². The molecule has 0 aliphatic carbocycles. The van der Waals surface area contributed by atoms with Crippen molar-refractivity contribution in [1.29, 1.82) is 0 Å². The van der Waals surface area contributed by atoms with Gasteiger partial charge in [0.25, 0.3) is 0 Å². The molecule has 0 amide bonds. The third-order valence-electron chi connectivity index (χ3n) is 5.16. The molecule has 0 radical (unpaired) electrons. The van der Waals surface area contributed by atoms with Crippen molar-refractivity contribution in [2.24, 2.45) is 0 Å². The van der Waals surface area contributed by atoms with Gasteiger partial charge in [-0.05, 0) is 24.3 Å². The fourth-order valence-corrected chi connectivity index (χ4v) is 3.53. The number of hydrogen-bond acceptors (Lipinski definition) is 5. The highest BCUT2D eigenvalue weighted by Crippen LogP contribution is 2.23. The second-order valence-corrected chi connectivity index (χ2v) is 7.28. The van der Waals surface area contributed by atoms with Gasteiger partial charge in [0.2, 0.25) is 0 Å². The van der Waals surface area contributed by atoms with Gasteiger partial charge in [-0.15, -0.1) is 0 Å². The van der Waals surface area contributed by atoms with Crippen molar-refractivity contribution in [3.63, 3.8) is 0 Å². The molecular weight excluding hydrogens is 385 g/mol. The van der Waals surface area contributed by atoms with Gasteiger partial charge in [-0.3, -0.25) is 10.00 Å². The molecule has 0 saturated carbocycles. The van der Waals surface area contributed by atoms with Gasteiger partial charge >= 0.3 is 0 Å². The zero-order chi connectivity index (χ0) is 20.8. The summed E-state index contributed by atoms with van der Waals surface area (Å²) >= 11 is 0. The van der Waals surface area contributed by atoms with Crippen molar-refractivity contribution < 1.29 is 18.6 Å². The van der Waals surface area contributed by atoms with Crippen molar-refractivity contribution in [2.75, 3.05) is 33.4 Å². The second kappa shape index (κ2) is 9.73. The van der Waals surface area contributed by atoms with Crippen molar-refractivity contribution in [2.45, 2.75) is 19.1 Å². The summed E-state index contributed by atoms with van der Waals surface area (Å²) in [5, 5.41) is 7.50. The summed E-state index contributed by atoms with van der Waals surface area (Å²) in [6, 6.07) is 16.5. The van der Waals surface area contributed by atoms with Gasteiger partial charge in [-0.2, -0.15) is 5.10 Å². The van der Waals surface area contributed by atoms with E-state index in [0.717, 1.165) is 29.4 Å². The first-order valence-corrected chi connectivity index (χ1v) is 10.1. The van der Waals surface area contributed by atoms with Gasteiger partial charge in [0.15, 0.2) is 0 Å². The Labute approximate surface area is 175 Å². The minimum absolute atomic E-state index is 0.130. The van der Waals surface area contributed by atoms with E-state index in [1.54, 1.807) is 13.2 Å². The Morgan fingerprint density at radius 3 is 2.90 bits per heavy atom. The Morgan fingerprint density at radius 1 is 1.17 bits per heavy atom. The molecule has 1 aliphatic rings. The van der Waals surface area contributed by atoms with Crippen molar-refractivity contribution in [3.05, 3.63) is 77.4 Å². The van der Waals surface area contributed by atoms with E-state index in [0.29, 0.717) is 38.3 Å². The lowest BCUT2D eigenvalue weighted by atomic mass is 10.1. The number of H-pyrrole nitrogens is 1. The molecule has 0 unspecified atom stereocenters. The Morgan fingerprint density at radius 2 is 2.03 bits per heavy atom. The third kappa shape index (κ3) is 5.17. The lowest BCUT2D eigenvalue weighted by molar-refractivity contribution is -0.0352. The standard InChI is InChI=1S/C23H26FN3O3/c1-28-19-6-4-7-20(14-19)29-11-9-18-13-22(26-25-18)23-16-27(10-12-30-23)15-17-5-2-3-8-21(17)24/h2-8,13-14,23H,9-12,15-16H2,1H3,(H,25,26)/t23-/m0/s1. The van der Waals surface area contributed by atoms with Crippen molar-refractivity contribution in [1.82, 2.24) is 15.1 Å². The molecular formula is C23H26FN3O3. The fraction of sp³-hybridized carbons (Fsp3) is 0.348. The van der Waals surface area contributed by atoms with Crippen LogP contribution in [0.3, 0.4) is 0 Å². The van der Waals surface area contributed by atoms with Crippen LogP contribution in [0.15, 0.2) is 54.6 Å². The molecule has 2 heterocycles. The zero-order valence-electron chi connectivity index (χ0n) is 17.0. The molecule has 0 spiro atoms. The molecule has 6 nitrogen and oxygen atoms in total. The van der Waals surface area contributed by atoms with Crippen LogP contribution < -0.4 is 9.47 Å². The summed E-state index contributed by atoms with van der Waals surface area (Å²) in [5.74, 6) is 1.37. The van der Waals surface area contributed by atoms with E-state index in [9.17, 15) is 4.39 Å². The molecule has 1 atom stereocenters. The summed E-state index contributed by atoms with van der Waals surface area (Å²) in [7, 11) is 1.63. The third-order valence-corrected chi connectivity index (χ3v) is 5.16. The van der Waals surface area contributed by atoms with E-state index in [2.05, 4.69) is 15.1 Å². The Kier molecular flexibility index (Phi) is 6.61. The molecule has 3 aromatic rings. The van der Waals surface area contributed by atoms with Crippen LogP contribution in [-0.2, 0) is 17.7 Å². The minimum Gasteiger partial charge on any atom is -0.497 e. The zero-order valence-corrected chi connectivity index (χ0v) is 17.0. The van der Waals surface area contributed by atoms with E-state index in [1.165, 1.54) is 6.07 Å². The Bertz CT molecular complexity index is 962. The number of rotatable bonds is 8. The molecule has 1 aliphatic heterocycles. The lowest BCUT2D eigenvalue weighted by Gasteiger charge is -2.32. The molecule has 2 aromatic carbocycles. The normalized spacial score (nSPS) is 17.1. The first-order chi connectivity index (χ1) is 14.7. The number of halogens is 1. The number of methoxy groups -OCH3 is 1. The quantitative estimate of drug-likeness (QED) is 0.612. The van der Waals surface area contributed by atoms with Gasteiger partial charge in [-0.1, -0.05) is 24.3 Å². The van der Waals surface area contributed by atoms with Crippen LogP contribution in [0.25, 0.3) is 0 Å². The van der Waals surface area contributed by atoms with Gasteiger partial charge in [-0.25, -0.2) is 4.39 Å². The van der Waals surface area contributed by atoms with Gasteiger partial charge in [0.05, 0.1) is 26.0 Å². The topological polar surface area (TPSA) is 59.6 Å². The first kappa shape index (κ1) is 20.4. The lowest BCUT2D eigenvalue weighted by Crippen LogP contribution is -2.38. The minimum atomic E-state index is -0.168. The number of nitrogens with one attached hydrogen (secondary N) is 1. The number of ether oxygens (including phenoxy) is 3. The van der Waals surface area contributed by atoms with Crippen LogP contribution >= 0.6 is 0 Å². The molecule has 7 heteroatoms. The number of morpholine rings is 1. The maximum atomic E-state index is 14.0. The largest absolute Gasteiger partial charge is 0.497 e. The molecule has 1 N–H and O–H groups in total. The number of hydrogen-bond donors (Lipinski definition) is 1. The van der Waals surface area contributed by atoms with Crippen molar-refractivity contribution >= 4 is 0 Å². The highest BCUT2D eigenvalue weighted by molar-refractivity contribution is 5.32. The highest BCUT2D eigenvalue weighted by atomic mass is 19.1. The van der Waals surface area contributed by atoms with Gasteiger partial charge in [0, 0.05) is 43.4 Å². The number of benzene rings is 2. The molecule has 1 aromatic heterocycles. The summed E-state index contributed by atoms with van der Waals surface area (Å²) in [5.41, 5.74) is 2.56. The van der Waals surface area contributed by atoms with E-state index >= 15 is 0 Å². The number of aromatic nitrogens is 2. The summed E-state index contributed by atoms with van der Waals surface area (Å²) in [6.45, 7) is 3.15. The molecule has 0 bridgehead atoms. The smallest absolute Gasteiger partial charge is 0.127 e. The predicted octanol–water partition coefficient (Wildman–Crippen LogP) is 3.75. The van der Waals surface area contributed by atoms with Crippen LogP contribution in [0.5, 0.6) is 11.5 Å². The molecule has 30 heavy (non-hydrogen) atoms. The average molecular weight is 411 g/mol. The highest BCUT2D eigenvalue weighted by Gasteiger charge is 2.24. The van der Waals surface area contributed by atoms with Crippen LogP contribution in [0.2, 0.25) is 0 Å². The van der Waals surface area contributed by atoms with Crippen molar-refractivity contribution in [3.8, 4) is 11.5 Å². The van der Waals surface area contributed by atoms with E-state index in [-0.39, 0.29) is 11.9 Å². The molecule has 4 rings (SSSR count). The molecule has 1 saturated heterocycles. The summed E-state index contributed by atoms with van der Waals surface area (Å²) in [6.07, 6.45) is 0.574. The monoisotopic (exact) mass is 411 g/mol. The fourth-order valence-electron chi connectivity index (χ4n) is 3.53. The summed E-state index contributed by atoms with van der Waals surface area (Å²) < 4.78 is 30.9. The maximum absolute atomic E-state index is 14.0. The number of aromatic amines is 1. The van der Waals surface area contributed by atoms with E-state index in [1.807, 2.05) is 42.5 Å². The molecule has 1 fully saturated rings. The number of nitrogens with zero attached hydrogens (tertiary/aromatic N) is 2. The summed E-state index contributed by atoms with van der Waals surface area (Å²) in [4.78, 5) is 2.20. The van der Waals surface area contributed by atoms with Gasteiger partial charge in [0.1, 0.15) is 23.4 Å². The van der Waals surface area contributed by atoms with Crippen LogP contribution in [0.4, 0.5) is 4.39 Å². The second-order valence-electron chi connectivity index (χ2n) is 7.28. The predicted molar refractivity (Wildman–Crippen MR) is 111 cm³/mol. The molecule has 158 valence electrons. The Balaban J connectivity index is 1.30. The maximum Gasteiger partial charge on any atom is 0.127 e. The Hall–Kier alpha value is -2.90. The van der Waals surface area contributed by atoms with Crippen LogP contribution in [0.1, 0.15) is 23.1 Å². The first-order valence-electron chi connectivity index (χ1n) is 10.1. The average Bonchev–Trinajstić information content (AvgIpc) is 3.25.